The summed E-state index contributed by atoms with van der Waals surface area (Å²) in [5, 5.41) is 14.2. The fourth-order valence-electron chi connectivity index (χ4n) is 2.27. The maximum atomic E-state index is 12.2. The topological polar surface area (TPSA) is 75.5 Å². The Labute approximate surface area is 111 Å². The predicted octanol–water partition coefficient (Wildman–Crippen LogP) is 0.958. The normalized spacial score (nSPS) is 19.2. The summed E-state index contributed by atoms with van der Waals surface area (Å²) >= 11 is 0. The van der Waals surface area contributed by atoms with E-state index in [-0.39, 0.29) is 24.1 Å². The average molecular weight is 263 g/mol. The Morgan fingerprint density at radius 1 is 1.53 bits per heavy atom. The van der Waals surface area contributed by atoms with Crippen LogP contribution in [0.2, 0.25) is 0 Å². The van der Waals surface area contributed by atoms with Gasteiger partial charge in [0.2, 0.25) is 5.91 Å². The number of carbonyl (C=O) groups excluding carboxylic acids is 1. The SMILES string of the molecule is C[C@H]1CN(C(=O)Cc2ccccc2[N+](=O)[O-])CCN1. The zero-order chi connectivity index (χ0) is 13.8. The van der Waals surface area contributed by atoms with Crippen LogP contribution in [0, 0.1) is 10.1 Å². The predicted molar refractivity (Wildman–Crippen MR) is 70.8 cm³/mol. The first-order valence-corrected chi connectivity index (χ1v) is 6.31. The van der Waals surface area contributed by atoms with Crippen LogP contribution in [0.25, 0.3) is 0 Å². The zero-order valence-corrected chi connectivity index (χ0v) is 10.8. The Morgan fingerprint density at radius 2 is 2.26 bits per heavy atom. The van der Waals surface area contributed by atoms with E-state index in [4.69, 9.17) is 0 Å². The van der Waals surface area contributed by atoms with Crippen LogP contribution in [0.1, 0.15) is 12.5 Å². The van der Waals surface area contributed by atoms with Crippen LogP contribution in [-0.4, -0.2) is 41.4 Å². The summed E-state index contributed by atoms with van der Waals surface area (Å²) in [6, 6.07) is 6.67. The second kappa shape index (κ2) is 5.79. The molecule has 0 aromatic heterocycles. The van der Waals surface area contributed by atoms with Gasteiger partial charge < -0.3 is 10.2 Å². The van der Waals surface area contributed by atoms with E-state index in [1.807, 2.05) is 6.92 Å². The number of benzene rings is 1. The van der Waals surface area contributed by atoms with E-state index < -0.39 is 4.92 Å². The van der Waals surface area contributed by atoms with Gasteiger partial charge >= 0.3 is 0 Å². The van der Waals surface area contributed by atoms with Crippen molar-refractivity contribution in [3.8, 4) is 0 Å². The molecule has 6 heteroatoms. The van der Waals surface area contributed by atoms with Crippen molar-refractivity contribution in [1.82, 2.24) is 10.2 Å². The summed E-state index contributed by atoms with van der Waals surface area (Å²) < 4.78 is 0. The Hall–Kier alpha value is -1.95. The second-order valence-corrected chi connectivity index (χ2v) is 4.76. The van der Waals surface area contributed by atoms with Crippen molar-refractivity contribution in [3.05, 3.63) is 39.9 Å². The van der Waals surface area contributed by atoms with Gasteiger partial charge in [-0.15, -0.1) is 0 Å². The number of amides is 1. The smallest absolute Gasteiger partial charge is 0.273 e. The molecule has 0 radical (unpaired) electrons. The van der Waals surface area contributed by atoms with Gasteiger partial charge in [-0.05, 0) is 6.92 Å². The van der Waals surface area contributed by atoms with E-state index in [1.54, 1.807) is 23.1 Å². The Bertz CT molecular complexity index is 490. The van der Waals surface area contributed by atoms with E-state index in [0.717, 1.165) is 6.54 Å². The first-order valence-electron chi connectivity index (χ1n) is 6.31. The van der Waals surface area contributed by atoms with Gasteiger partial charge in [-0.25, -0.2) is 0 Å². The first-order chi connectivity index (χ1) is 9.08. The molecule has 1 fully saturated rings. The van der Waals surface area contributed by atoms with Crippen molar-refractivity contribution in [2.75, 3.05) is 19.6 Å². The Balaban J connectivity index is 2.08. The van der Waals surface area contributed by atoms with Crippen molar-refractivity contribution in [2.45, 2.75) is 19.4 Å². The van der Waals surface area contributed by atoms with E-state index in [0.29, 0.717) is 18.7 Å². The van der Waals surface area contributed by atoms with Crippen LogP contribution in [0.5, 0.6) is 0 Å². The van der Waals surface area contributed by atoms with Crippen LogP contribution >= 0.6 is 0 Å². The molecular weight excluding hydrogens is 246 g/mol. The van der Waals surface area contributed by atoms with E-state index >= 15 is 0 Å². The van der Waals surface area contributed by atoms with Crippen LogP contribution < -0.4 is 5.32 Å². The fourth-order valence-corrected chi connectivity index (χ4v) is 2.27. The molecule has 0 bridgehead atoms. The van der Waals surface area contributed by atoms with Gasteiger partial charge in [0.25, 0.3) is 5.69 Å². The molecule has 1 heterocycles. The Kier molecular flexibility index (Phi) is 4.11. The maximum Gasteiger partial charge on any atom is 0.273 e. The molecule has 1 aliphatic heterocycles. The van der Waals surface area contributed by atoms with Gasteiger partial charge in [0.15, 0.2) is 0 Å². The number of nitro benzene ring substituents is 1. The van der Waals surface area contributed by atoms with Crippen molar-refractivity contribution < 1.29 is 9.72 Å². The minimum Gasteiger partial charge on any atom is -0.340 e. The quantitative estimate of drug-likeness (QED) is 0.651. The molecule has 2 rings (SSSR count). The number of nitrogens with one attached hydrogen (secondary N) is 1. The maximum absolute atomic E-state index is 12.2. The van der Waals surface area contributed by atoms with Gasteiger partial charge in [-0.1, -0.05) is 18.2 Å². The number of piperazine rings is 1. The standard InChI is InChI=1S/C13H17N3O3/c1-10-9-15(7-6-14-10)13(17)8-11-4-2-3-5-12(11)16(18)19/h2-5,10,14H,6-9H2,1H3/t10-/m0/s1. The van der Waals surface area contributed by atoms with Gasteiger partial charge in [0.05, 0.1) is 11.3 Å². The van der Waals surface area contributed by atoms with Crippen molar-refractivity contribution in [3.63, 3.8) is 0 Å². The minimum atomic E-state index is -0.441. The molecule has 0 saturated carbocycles. The van der Waals surface area contributed by atoms with Crippen LogP contribution in [0.15, 0.2) is 24.3 Å². The molecule has 0 aliphatic carbocycles. The molecule has 6 nitrogen and oxygen atoms in total. The van der Waals surface area contributed by atoms with Crippen molar-refractivity contribution in [1.29, 1.82) is 0 Å². The highest BCUT2D eigenvalue weighted by Crippen LogP contribution is 2.19. The number of nitro groups is 1. The zero-order valence-electron chi connectivity index (χ0n) is 10.8. The first kappa shape index (κ1) is 13.5. The monoisotopic (exact) mass is 263 g/mol. The third-order valence-corrected chi connectivity index (χ3v) is 3.25. The van der Waals surface area contributed by atoms with E-state index in [2.05, 4.69) is 5.32 Å². The molecule has 1 aliphatic rings. The Morgan fingerprint density at radius 3 is 2.95 bits per heavy atom. The highest BCUT2D eigenvalue weighted by atomic mass is 16.6. The van der Waals surface area contributed by atoms with E-state index in [1.165, 1.54) is 6.07 Å². The summed E-state index contributed by atoms with van der Waals surface area (Å²) in [6.07, 6.45) is 0.0872. The van der Waals surface area contributed by atoms with Crippen molar-refractivity contribution in [2.24, 2.45) is 0 Å². The highest BCUT2D eigenvalue weighted by Gasteiger charge is 2.23. The molecule has 102 valence electrons. The van der Waals surface area contributed by atoms with Crippen LogP contribution in [0.4, 0.5) is 5.69 Å². The number of hydrogen-bond donors (Lipinski definition) is 1. The summed E-state index contributed by atoms with van der Waals surface area (Å²) in [7, 11) is 0. The van der Waals surface area contributed by atoms with Crippen LogP contribution in [-0.2, 0) is 11.2 Å². The number of rotatable bonds is 3. The number of carbonyl (C=O) groups is 1. The van der Waals surface area contributed by atoms with Crippen LogP contribution in [0.3, 0.4) is 0 Å². The lowest BCUT2D eigenvalue weighted by molar-refractivity contribution is -0.385. The highest BCUT2D eigenvalue weighted by molar-refractivity contribution is 5.80. The fraction of sp³-hybridized carbons (Fsp3) is 0.462. The number of nitrogens with zero attached hydrogens (tertiary/aromatic N) is 2. The van der Waals surface area contributed by atoms with Gasteiger partial charge in [0.1, 0.15) is 0 Å². The van der Waals surface area contributed by atoms with E-state index in [9.17, 15) is 14.9 Å². The average Bonchev–Trinajstić information content (AvgIpc) is 2.39. The van der Waals surface area contributed by atoms with Gasteiger partial charge in [0, 0.05) is 37.3 Å². The lowest BCUT2D eigenvalue weighted by atomic mass is 10.1. The minimum absolute atomic E-state index is 0.0130. The lowest BCUT2D eigenvalue weighted by Gasteiger charge is -2.32. The largest absolute Gasteiger partial charge is 0.340 e. The molecule has 1 saturated heterocycles. The molecule has 1 N–H and O–H groups in total. The molecule has 0 spiro atoms. The third-order valence-electron chi connectivity index (χ3n) is 3.25. The van der Waals surface area contributed by atoms with Gasteiger partial charge in [-0.2, -0.15) is 0 Å². The summed E-state index contributed by atoms with van der Waals surface area (Å²) in [6.45, 7) is 4.09. The summed E-state index contributed by atoms with van der Waals surface area (Å²) in [5.74, 6) is -0.0531. The lowest BCUT2D eigenvalue weighted by Crippen LogP contribution is -2.51. The number of hydrogen-bond acceptors (Lipinski definition) is 4. The molecule has 0 unspecified atom stereocenters. The van der Waals surface area contributed by atoms with Crippen molar-refractivity contribution >= 4 is 11.6 Å². The molecule has 1 atom stereocenters. The number of para-hydroxylation sites is 1. The summed E-state index contributed by atoms with van der Waals surface area (Å²) in [5.41, 5.74) is 0.489. The molecule has 1 aromatic carbocycles. The molecule has 1 aromatic rings. The molecule has 1 amide bonds. The summed E-state index contributed by atoms with van der Waals surface area (Å²) in [4.78, 5) is 24.4. The third kappa shape index (κ3) is 3.29. The van der Waals surface area contributed by atoms with Gasteiger partial charge in [-0.3, -0.25) is 14.9 Å². The molecular formula is C13H17N3O3. The molecule has 19 heavy (non-hydrogen) atoms. The second-order valence-electron chi connectivity index (χ2n) is 4.76.